The summed E-state index contributed by atoms with van der Waals surface area (Å²) in [6.07, 6.45) is 0. The molecule has 0 saturated heterocycles. The highest BCUT2D eigenvalue weighted by Crippen LogP contribution is 2.20. The van der Waals surface area contributed by atoms with Crippen LogP contribution in [-0.2, 0) is 17.8 Å². The molecule has 0 spiro atoms. The van der Waals surface area contributed by atoms with Crippen LogP contribution in [0.25, 0.3) is 0 Å². The second-order valence-corrected chi connectivity index (χ2v) is 8.64. The molecular weight excluding hydrogens is 531 g/mol. The number of aliphatic imine (C=N–C) groups is 1. The van der Waals surface area contributed by atoms with Gasteiger partial charge in [-0.2, -0.15) is 0 Å². The van der Waals surface area contributed by atoms with Gasteiger partial charge < -0.3 is 25.4 Å². The molecule has 0 radical (unpaired) electrons. The van der Waals surface area contributed by atoms with Crippen molar-refractivity contribution in [1.82, 2.24) is 16.0 Å². The molecule has 0 aliphatic carbocycles. The van der Waals surface area contributed by atoms with Crippen molar-refractivity contribution in [2.45, 2.75) is 46.3 Å². The summed E-state index contributed by atoms with van der Waals surface area (Å²) in [6, 6.07) is 13.7. The first-order valence-electron chi connectivity index (χ1n) is 10.8. The fourth-order valence-corrected chi connectivity index (χ4v) is 3.00. The number of ether oxygens (including phenoxy) is 2. The first kappa shape index (κ1) is 28.7. The number of halogens is 1. The number of rotatable bonds is 9. The molecule has 0 aliphatic heterocycles. The zero-order chi connectivity index (χ0) is 23.6. The highest BCUT2D eigenvalue weighted by Gasteiger charge is 2.15. The highest BCUT2D eigenvalue weighted by molar-refractivity contribution is 14.0. The van der Waals surface area contributed by atoms with E-state index in [1.807, 2.05) is 58.0 Å². The first-order valence-corrected chi connectivity index (χ1v) is 10.8. The van der Waals surface area contributed by atoms with Gasteiger partial charge in [-0.15, -0.1) is 24.0 Å². The Kier molecular flexibility index (Phi) is 12.2. The van der Waals surface area contributed by atoms with Gasteiger partial charge in [-0.3, -0.25) is 9.79 Å². The van der Waals surface area contributed by atoms with Crippen LogP contribution in [0, 0.1) is 6.92 Å². The number of carbonyl (C=O) groups is 1. The molecule has 0 heterocycles. The monoisotopic (exact) mass is 568 g/mol. The van der Waals surface area contributed by atoms with E-state index in [1.165, 1.54) is 0 Å². The van der Waals surface area contributed by atoms with Crippen LogP contribution in [0.2, 0.25) is 0 Å². The minimum atomic E-state index is -0.278. The largest absolute Gasteiger partial charge is 0.491 e. The van der Waals surface area contributed by atoms with E-state index in [9.17, 15) is 4.79 Å². The number of guanidine groups is 1. The summed E-state index contributed by atoms with van der Waals surface area (Å²) in [5.74, 6) is 1.42. The van der Waals surface area contributed by atoms with Gasteiger partial charge in [-0.05, 0) is 57.0 Å². The van der Waals surface area contributed by atoms with E-state index in [2.05, 4.69) is 33.1 Å². The summed E-state index contributed by atoms with van der Waals surface area (Å²) >= 11 is 0. The quantitative estimate of drug-likeness (QED) is 0.184. The SMILES string of the molecule is CN=C(NCc1cccc(C(=O)NC(C)(C)C)c1)NCc1ccc(C)cc1OCCOC.I. The average Bonchev–Trinajstić information content (AvgIpc) is 2.74. The number of methoxy groups -OCH3 is 1. The summed E-state index contributed by atoms with van der Waals surface area (Å²) in [5.41, 5.74) is 3.53. The fourth-order valence-electron chi connectivity index (χ4n) is 3.00. The van der Waals surface area contributed by atoms with Crippen LogP contribution in [0.4, 0.5) is 0 Å². The van der Waals surface area contributed by atoms with E-state index in [0.29, 0.717) is 37.8 Å². The fraction of sp³-hybridized carbons (Fsp3) is 0.440. The first-order chi connectivity index (χ1) is 15.2. The number of carbonyl (C=O) groups excluding carboxylic acids is 1. The molecule has 0 aliphatic rings. The predicted molar refractivity (Wildman–Crippen MR) is 145 cm³/mol. The Balaban J connectivity index is 0.00000544. The smallest absolute Gasteiger partial charge is 0.251 e. The lowest BCUT2D eigenvalue weighted by atomic mass is 10.1. The van der Waals surface area contributed by atoms with E-state index >= 15 is 0 Å². The third-order valence-electron chi connectivity index (χ3n) is 4.58. The van der Waals surface area contributed by atoms with Gasteiger partial charge in [-0.25, -0.2) is 0 Å². The van der Waals surface area contributed by atoms with Gasteiger partial charge in [0, 0.05) is 43.9 Å². The van der Waals surface area contributed by atoms with Gasteiger partial charge in [0.2, 0.25) is 0 Å². The van der Waals surface area contributed by atoms with Crippen LogP contribution in [0.15, 0.2) is 47.5 Å². The molecule has 2 aromatic rings. The molecule has 2 rings (SSSR count). The van der Waals surface area contributed by atoms with E-state index in [0.717, 1.165) is 22.4 Å². The minimum Gasteiger partial charge on any atom is -0.491 e. The van der Waals surface area contributed by atoms with Crippen molar-refractivity contribution in [3.8, 4) is 5.75 Å². The zero-order valence-corrected chi connectivity index (χ0v) is 22.8. The molecule has 3 N–H and O–H groups in total. The Bertz CT molecular complexity index is 926. The van der Waals surface area contributed by atoms with Gasteiger partial charge in [0.15, 0.2) is 5.96 Å². The minimum absolute atomic E-state index is 0. The molecule has 2 aromatic carbocycles. The summed E-state index contributed by atoms with van der Waals surface area (Å²) < 4.78 is 10.9. The summed E-state index contributed by atoms with van der Waals surface area (Å²) in [4.78, 5) is 16.7. The number of amides is 1. The van der Waals surface area contributed by atoms with E-state index in [1.54, 1.807) is 14.2 Å². The summed E-state index contributed by atoms with van der Waals surface area (Å²) in [5, 5.41) is 9.61. The van der Waals surface area contributed by atoms with Crippen molar-refractivity contribution in [2.75, 3.05) is 27.4 Å². The van der Waals surface area contributed by atoms with Gasteiger partial charge in [0.25, 0.3) is 5.91 Å². The van der Waals surface area contributed by atoms with Gasteiger partial charge in [0.1, 0.15) is 12.4 Å². The molecule has 0 bridgehead atoms. The normalized spacial score (nSPS) is 11.4. The van der Waals surface area contributed by atoms with E-state index in [-0.39, 0.29) is 35.4 Å². The third-order valence-corrected chi connectivity index (χ3v) is 4.58. The van der Waals surface area contributed by atoms with Crippen molar-refractivity contribution < 1.29 is 14.3 Å². The standard InChI is InChI=1S/C25H36N4O3.HI/c1-18-10-11-21(22(14-18)32-13-12-31-6)17-28-24(26-5)27-16-19-8-7-9-20(15-19)23(30)29-25(2,3)4;/h7-11,14-15H,12-13,16-17H2,1-6H3,(H,29,30)(H2,26,27,28);1H. The van der Waals surface area contributed by atoms with E-state index in [4.69, 9.17) is 9.47 Å². The molecule has 182 valence electrons. The Hall–Kier alpha value is -2.33. The summed E-state index contributed by atoms with van der Waals surface area (Å²) in [6.45, 7) is 10.1. The number of aryl methyl sites for hydroxylation is 1. The number of hydrogen-bond donors (Lipinski definition) is 3. The van der Waals surface area contributed by atoms with Crippen molar-refractivity contribution in [1.29, 1.82) is 0 Å². The molecule has 0 aromatic heterocycles. The van der Waals surface area contributed by atoms with Crippen LogP contribution in [0.1, 0.15) is 47.8 Å². The second kappa shape index (κ2) is 14.0. The molecule has 33 heavy (non-hydrogen) atoms. The Morgan fingerprint density at radius 2 is 1.76 bits per heavy atom. The number of hydrogen-bond acceptors (Lipinski definition) is 4. The number of nitrogens with zero attached hydrogens (tertiary/aromatic N) is 1. The van der Waals surface area contributed by atoms with Crippen LogP contribution < -0.4 is 20.7 Å². The maximum Gasteiger partial charge on any atom is 0.251 e. The predicted octanol–water partition coefficient (Wildman–Crippen LogP) is 4.03. The van der Waals surface area contributed by atoms with Crippen molar-refractivity contribution >= 4 is 35.8 Å². The number of benzene rings is 2. The Labute approximate surface area is 214 Å². The lowest BCUT2D eigenvalue weighted by molar-refractivity contribution is 0.0919. The molecule has 0 atom stereocenters. The Morgan fingerprint density at radius 3 is 2.42 bits per heavy atom. The average molecular weight is 569 g/mol. The van der Waals surface area contributed by atoms with Gasteiger partial charge in [-0.1, -0.05) is 24.3 Å². The molecule has 8 heteroatoms. The zero-order valence-electron chi connectivity index (χ0n) is 20.5. The van der Waals surface area contributed by atoms with Crippen LogP contribution in [-0.4, -0.2) is 44.8 Å². The molecule has 7 nitrogen and oxygen atoms in total. The molecule has 0 unspecified atom stereocenters. The lowest BCUT2D eigenvalue weighted by Crippen LogP contribution is -2.40. The van der Waals surface area contributed by atoms with Crippen molar-refractivity contribution in [2.24, 2.45) is 4.99 Å². The molecule has 1 amide bonds. The molecular formula is C25H37IN4O3. The van der Waals surface area contributed by atoms with E-state index < -0.39 is 0 Å². The molecule has 0 fully saturated rings. The van der Waals surface area contributed by atoms with Crippen LogP contribution in [0.5, 0.6) is 5.75 Å². The van der Waals surface area contributed by atoms with Crippen molar-refractivity contribution in [3.63, 3.8) is 0 Å². The van der Waals surface area contributed by atoms with Gasteiger partial charge in [0.05, 0.1) is 6.61 Å². The van der Waals surface area contributed by atoms with Gasteiger partial charge >= 0.3 is 0 Å². The lowest BCUT2D eigenvalue weighted by Gasteiger charge is -2.20. The Morgan fingerprint density at radius 1 is 1.03 bits per heavy atom. The summed E-state index contributed by atoms with van der Waals surface area (Å²) in [7, 11) is 3.39. The van der Waals surface area contributed by atoms with Crippen molar-refractivity contribution in [3.05, 3.63) is 64.7 Å². The topological polar surface area (TPSA) is 84.0 Å². The maximum absolute atomic E-state index is 12.4. The third kappa shape index (κ3) is 10.4. The number of nitrogens with one attached hydrogen (secondary N) is 3. The second-order valence-electron chi connectivity index (χ2n) is 8.64. The highest BCUT2D eigenvalue weighted by atomic mass is 127. The molecule has 0 saturated carbocycles. The van der Waals surface area contributed by atoms with Crippen LogP contribution >= 0.6 is 24.0 Å². The maximum atomic E-state index is 12.4. The van der Waals surface area contributed by atoms with Crippen LogP contribution in [0.3, 0.4) is 0 Å².